The van der Waals surface area contributed by atoms with Crippen LogP contribution in [0.3, 0.4) is 0 Å². The summed E-state index contributed by atoms with van der Waals surface area (Å²) in [7, 11) is 1.64. The van der Waals surface area contributed by atoms with Crippen LogP contribution in [0, 0.1) is 0 Å². The second-order valence-corrected chi connectivity index (χ2v) is 7.13. The fraction of sp³-hybridized carbons (Fsp3) is 0.0625. The molecule has 0 aromatic heterocycles. The van der Waals surface area contributed by atoms with Crippen molar-refractivity contribution in [3.05, 3.63) is 63.8 Å². The van der Waals surface area contributed by atoms with Gasteiger partial charge in [0.25, 0.3) is 0 Å². The second-order valence-electron chi connectivity index (χ2n) is 3.85. The molecule has 0 bridgehead atoms. The number of allylic oxidation sites excluding steroid dienone is 1. The van der Waals surface area contributed by atoms with Crippen LogP contribution in [0.25, 0.3) is 6.08 Å². The number of methoxy groups -OCH3 is 1. The molecule has 2 aromatic rings. The molecule has 19 heavy (non-hydrogen) atoms. The molecule has 96 valence electrons. The Balaban J connectivity index is 2.16. The normalized spacial score (nSPS) is 11.1. The SMILES string of the molecule is COc1ccc(/C=C(/C=O)[Te]c2ccccc2)cc1. The van der Waals surface area contributed by atoms with Crippen molar-refractivity contribution in [2.75, 3.05) is 7.11 Å². The van der Waals surface area contributed by atoms with Crippen molar-refractivity contribution >= 4 is 36.9 Å². The fourth-order valence-corrected chi connectivity index (χ4v) is 3.88. The average molecular weight is 366 g/mol. The minimum absolute atomic E-state index is 0.608. The molecule has 0 unspecified atom stereocenters. The summed E-state index contributed by atoms with van der Waals surface area (Å²) < 4.78 is 7.27. The monoisotopic (exact) mass is 368 g/mol. The van der Waals surface area contributed by atoms with E-state index in [2.05, 4.69) is 12.1 Å². The Morgan fingerprint density at radius 1 is 1.05 bits per heavy atom. The molecule has 0 aliphatic heterocycles. The molecule has 0 heterocycles. The van der Waals surface area contributed by atoms with Gasteiger partial charge >= 0.3 is 123 Å². The third kappa shape index (κ3) is 4.24. The van der Waals surface area contributed by atoms with Crippen molar-refractivity contribution in [3.8, 4) is 5.75 Å². The van der Waals surface area contributed by atoms with E-state index < -0.39 is 20.9 Å². The first-order chi connectivity index (χ1) is 9.31. The zero-order valence-corrected chi connectivity index (χ0v) is 12.9. The predicted octanol–water partition coefficient (Wildman–Crippen LogP) is 2.26. The van der Waals surface area contributed by atoms with Gasteiger partial charge in [0.2, 0.25) is 0 Å². The standard InChI is InChI=1S/C16H14O2Te/c1-18-14-9-7-13(8-10-14)11-16(12-17)19-15-5-3-2-4-6-15/h2-12H,1H3/b16-11-. The maximum atomic E-state index is 11.2. The van der Waals surface area contributed by atoms with Crippen LogP contribution >= 0.6 is 0 Å². The molecule has 0 saturated carbocycles. The maximum absolute atomic E-state index is 11.2. The van der Waals surface area contributed by atoms with Gasteiger partial charge in [-0.2, -0.15) is 0 Å². The molecule has 0 N–H and O–H groups in total. The Morgan fingerprint density at radius 3 is 2.32 bits per heavy atom. The summed E-state index contributed by atoms with van der Waals surface area (Å²) >= 11 is -0.608. The van der Waals surface area contributed by atoms with Crippen molar-refractivity contribution in [1.29, 1.82) is 0 Å². The zero-order valence-electron chi connectivity index (χ0n) is 10.6. The van der Waals surface area contributed by atoms with E-state index in [4.69, 9.17) is 4.74 Å². The number of hydrogen-bond donors (Lipinski definition) is 0. The number of carbonyl (C=O) groups is 1. The number of benzene rings is 2. The quantitative estimate of drug-likeness (QED) is 0.461. The summed E-state index contributed by atoms with van der Waals surface area (Å²) in [5, 5.41) is 0. The number of carbonyl (C=O) groups excluding carboxylic acids is 1. The van der Waals surface area contributed by atoms with Crippen LogP contribution in [0.15, 0.2) is 58.2 Å². The summed E-state index contributed by atoms with van der Waals surface area (Å²) in [5.74, 6) is 0.823. The summed E-state index contributed by atoms with van der Waals surface area (Å²) in [6.45, 7) is 0. The third-order valence-corrected chi connectivity index (χ3v) is 5.25. The molecule has 0 atom stereocenters. The average Bonchev–Trinajstić information content (AvgIpc) is 2.48. The van der Waals surface area contributed by atoms with Crippen LogP contribution in [0.5, 0.6) is 5.75 Å². The summed E-state index contributed by atoms with van der Waals surface area (Å²) in [5.41, 5.74) is 1.03. The number of ether oxygens (including phenoxy) is 1. The molecule has 0 fully saturated rings. The Hall–Kier alpha value is -1.56. The van der Waals surface area contributed by atoms with Gasteiger partial charge < -0.3 is 0 Å². The van der Waals surface area contributed by atoms with Crippen molar-refractivity contribution in [2.24, 2.45) is 0 Å². The molecular formula is C16H14O2Te. The van der Waals surface area contributed by atoms with E-state index in [-0.39, 0.29) is 0 Å². The van der Waals surface area contributed by atoms with E-state index in [0.29, 0.717) is 0 Å². The molecule has 0 aliphatic rings. The van der Waals surface area contributed by atoms with Crippen LogP contribution in [0.2, 0.25) is 0 Å². The van der Waals surface area contributed by atoms with Gasteiger partial charge in [0.05, 0.1) is 0 Å². The van der Waals surface area contributed by atoms with Gasteiger partial charge in [0.15, 0.2) is 0 Å². The van der Waals surface area contributed by atoms with Crippen LogP contribution in [-0.4, -0.2) is 34.3 Å². The molecule has 2 aromatic carbocycles. The first-order valence-corrected chi connectivity index (χ1v) is 8.18. The van der Waals surface area contributed by atoms with Crippen LogP contribution in [0.1, 0.15) is 5.56 Å². The van der Waals surface area contributed by atoms with Crippen molar-refractivity contribution < 1.29 is 9.53 Å². The summed E-state index contributed by atoms with van der Waals surface area (Å²) in [6.07, 6.45) is 2.93. The van der Waals surface area contributed by atoms with Crippen molar-refractivity contribution in [1.82, 2.24) is 0 Å². The van der Waals surface area contributed by atoms with Crippen LogP contribution in [0.4, 0.5) is 0 Å². The minimum atomic E-state index is -0.608. The Labute approximate surface area is 123 Å². The molecular weight excluding hydrogens is 352 g/mol. The Kier molecular flexibility index (Phi) is 5.20. The number of aldehydes is 1. The van der Waals surface area contributed by atoms with Gasteiger partial charge in [-0.15, -0.1) is 0 Å². The molecule has 0 aliphatic carbocycles. The molecule has 0 saturated heterocycles. The van der Waals surface area contributed by atoms with E-state index >= 15 is 0 Å². The van der Waals surface area contributed by atoms with Gasteiger partial charge in [0.1, 0.15) is 0 Å². The van der Waals surface area contributed by atoms with Gasteiger partial charge in [-0.25, -0.2) is 0 Å². The van der Waals surface area contributed by atoms with E-state index in [9.17, 15) is 4.79 Å². The number of rotatable bonds is 5. The van der Waals surface area contributed by atoms with Gasteiger partial charge in [-0.1, -0.05) is 0 Å². The molecule has 0 amide bonds. The second kappa shape index (κ2) is 7.13. The predicted molar refractivity (Wildman–Crippen MR) is 78.9 cm³/mol. The summed E-state index contributed by atoms with van der Waals surface area (Å²) in [4.78, 5) is 11.2. The van der Waals surface area contributed by atoms with Crippen molar-refractivity contribution in [3.63, 3.8) is 0 Å². The van der Waals surface area contributed by atoms with E-state index in [1.807, 2.05) is 48.5 Å². The molecule has 2 nitrogen and oxygen atoms in total. The Morgan fingerprint density at radius 2 is 1.74 bits per heavy atom. The van der Waals surface area contributed by atoms with Gasteiger partial charge in [-0.05, 0) is 0 Å². The zero-order chi connectivity index (χ0) is 13.5. The molecule has 2 rings (SSSR count). The van der Waals surface area contributed by atoms with Gasteiger partial charge in [0, 0.05) is 0 Å². The summed E-state index contributed by atoms with van der Waals surface area (Å²) in [6, 6.07) is 17.9. The van der Waals surface area contributed by atoms with Crippen LogP contribution in [-0.2, 0) is 4.79 Å². The molecule has 0 radical (unpaired) electrons. The van der Waals surface area contributed by atoms with Crippen LogP contribution < -0.4 is 8.35 Å². The third-order valence-electron chi connectivity index (χ3n) is 2.52. The van der Waals surface area contributed by atoms with E-state index in [0.717, 1.165) is 21.2 Å². The van der Waals surface area contributed by atoms with E-state index in [1.54, 1.807) is 7.11 Å². The Bertz CT molecular complexity index is 559. The molecule has 0 spiro atoms. The topological polar surface area (TPSA) is 26.3 Å². The first kappa shape index (κ1) is 13.9. The van der Waals surface area contributed by atoms with Gasteiger partial charge in [-0.3, -0.25) is 0 Å². The van der Waals surface area contributed by atoms with E-state index in [1.165, 1.54) is 3.61 Å². The number of hydrogen-bond acceptors (Lipinski definition) is 2. The molecule has 3 heteroatoms. The van der Waals surface area contributed by atoms with Crippen molar-refractivity contribution in [2.45, 2.75) is 0 Å². The fourth-order valence-electron chi connectivity index (χ4n) is 1.58. The first-order valence-electron chi connectivity index (χ1n) is 5.85.